The van der Waals surface area contributed by atoms with Crippen LogP contribution >= 0.6 is 15.9 Å². The van der Waals surface area contributed by atoms with E-state index in [0.717, 1.165) is 17.3 Å². The molecule has 108 valence electrons. The molecule has 0 radical (unpaired) electrons. The minimum Gasteiger partial charge on any atom is -0.207 e. The molecule has 19 heavy (non-hydrogen) atoms. The van der Waals surface area contributed by atoms with Crippen molar-refractivity contribution < 1.29 is 8.42 Å². The summed E-state index contributed by atoms with van der Waals surface area (Å²) in [5.41, 5.74) is 0. The van der Waals surface area contributed by atoms with E-state index in [-0.39, 0.29) is 12.1 Å². The van der Waals surface area contributed by atoms with Crippen LogP contribution in [-0.2, 0) is 10.0 Å². The van der Waals surface area contributed by atoms with E-state index in [1.54, 1.807) is 28.6 Å². The SMILES string of the molecule is CC[C@@H](C)N([C@@H](C)CC)S(=O)(=O)c1ccc(Br)cc1. The van der Waals surface area contributed by atoms with Gasteiger partial charge in [0, 0.05) is 16.6 Å². The number of nitrogens with zero attached hydrogens (tertiary/aromatic N) is 1. The number of hydrogen-bond donors (Lipinski definition) is 0. The lowest BCUT2D eigenvalue weighted by molar-refractivity contribution is 0.262. The van der Waals surface area contributed by atoms with Gasteiger partial charge in [-0.05, 0) is 51.0 Å². The Balaban J connectivity index is 3.23. The highest BCUT2D eigenvalue weighted by Gasteiger charge is 2.31. The lowest BCUT2D eigenvalue weighted by Crippen LogP contribution is -2.44. The molecular formula is C14H22BrNO2S. The molecule has 1 rings (SSSR count). The average molecular weight is 348 g/mol. The maximum atomic E-state index is 12.8. The summed E-state index contributed by atoms with van der Waals surface area (Å²) in [6.07, 6.45) is 1.61. The summed E-state index contributed by atoms with van der Waals surface area (Å²) in [5.74, 6) is 0. The van der Waals surface area contributed by atoms with Crippen LogP contribution in [0.1, 0.15) is 40.5 Å². The van der Waals surface area contributed by atoms with Crippen LogP contribution in [0, 0.1) is 0 Å². The standard InChI is InChI=1S/C14H22BrNO2S/c1-5-11(3)16(12(4)6-2)19(17,18)14-9-7-13(15)8-10-14/h7-12H,5-6H2,1-4H3/t11-,12+. The van der Waals surface area contributed by atoms with Crippen LogP contribution in [-0.4, -0.2) is 24.8 Å². The van der Waals surface area contributed by atoms with Gasteiger partial charge in [-0.2, -0.15) is 4.31 Å². The lowest BCUT2D eigenvalue weighted by Gasteiger charge is -2.32. The molecule has 0 spiro atoms. The zero-order chi connectivity index (χ0) is 14.6. The highest BCUT2D eigenvalue weighted by atomic mass is 79.9. The first-order valence-electron chi connectivity index (χ1n) is 6.63. The number of hydrogen-bond acceptors (Lipinski definition) is 2. The minimum atomic E-state index is -3.43. The van der Waals surface area contributed by atoms with Gasteiger partial charge in [0.25, 0.3) is 0 Å². The number of sulfonamides is 1. The summed E-state index contributed by atoms with van der Waals surface area (Å²) in [7, 11) is -3.43. The molecule has 0 fully saturated rings. The van der Waals surface area contributed by atoms with E-state index in [9.17, 15) is 8.42 Å². The van der Waals surface area contributed by atoms with Crippen LogP contribution in [0.2, 0.25) is 0 Å². The Morgan fingerprint density at radius 3 is 1.84 bits per heavy atom. The molecule has 1 aromatic rings. The van der Waals surface area contributed by atoms with Gasteiger partial charge < -0.3 is 0 Å². The largest absolute Gasteiger partial charge is 0.243 e. The summed E-state index contributed by atoms with van der Waals surface area (Å²) in [6, 6.07) is 6.83. The number of halogens is 1. The summed E-state index contributed by atoms with van der Waals surface area (Å²) < 4.78 is 28.0. The molecule has 0 N–H and O–H groups in total. The van der Waals surface area contributed by atoms with Crippen molar-refractivity contribution in [2.75, 3.05) is 0 Å². The number of rotatable bonds is 6. The predicted octanol–water partition coefficient (Wildman–Crippen LogP) is 4.04. The highest BCUT2D eigenvalue weighted by Crippen LogP contribution is 2.24. The molecule has 0 saturated carbocycles. The molecule has 0 aliphatic rings. The van der Waals surface area contributed by atoms with Gasteiger partial charge in [-0.1, -0.05) is 29.8 Å². The van der Waals surface area contributed by atoms with Gasteiger partial charge in [0.2, 0.25) is 10.0 Å². The highest BCUT2D eigenvalue weighted by molar-refractivity contribution is 9.10. The van der Waals surface area contributed by atoms with E-state index in [0.29, 0.717) is 4.90 Å². The van der Waals surface area contributed by atoms with Crippen LogP contribution in [0.25, 0.3) is 0 Å². The van der Waals surface area contributed by atoms with Gasteiger partial charge in [-0.15, -0.1) is 0 Å². The van der Waals surface area contributed by atoms with Gasteiger partial charge in [-0.25, -0.2) is 8.42 Å². The Bertz CT molecular complexity index is 489. The molecule has 0 aliphatic heterocycles. The normalized spacial score (nSPS) is 15.5. The molecular weight excluding hydrogens is 326 g/mol. The quantitative estimate of drug-likeness (QED) is 0.778. The van der Waals surface area contributed by atoms with E-state index in [2.05, 4.69) is 15.9 Å². The lowest BCUT2D eigenvalue weighted by atomic mass is 10.2. The van der Waals surface area contributed by atoms with Crippen molar-refractivity contribution >= 4 is 26.0 Å². The summed E-state index contributed by atoms with van der Waals surface area (Å²) in [6.45, 7) is 7.94. The van der Waals surface area contributed by atoms with Crippen molar-refractivity contribution in [2.24, 2.45) is 0 Å². The van der Waals surface area contributed by atoms with E-state index in [1.807, 2.05) is 27.7 Å². The molecule has 0 unspecified atom stereocenters. The molecule has 0 saturated heterocycles. The van der Waals surface area contributed by atoms with Gasteiger partial charge in [0.1, 0.15) is 0 Å². The second kappa shape index (κ2) is 6.86. The molecule has 0 aromatic heterocycles. The molecule has 0 amide bonds. The van der Waals surface area contributed by atoms with Gasteiger partial charge in [-0.3, -0.25) is 0 Å². The van der Waals surface area contributed by atoms with Crippen LogP contribution in [0.4, 0.5) is 0 Å². The van der Waals surface area contributed by atoms with Crippen LogP contribution < -0.4 is 0 Å². The molecule has 0 bridgehead atoms. The Hall–Kier alpha value is -0.390. The maximum Gasteiger partial charge on any atom is 0.243 e. The van der Waals surface area contributed by atoms with E-state index in [4.69, 9.17) is 0 Å². The minimum absolute atomic E-state index is 0.00333. The molecule has 2 atom stereocenters. The second-order valence-corrected chi connectivity index (χ2v) is 7.56. The van der Waals surface area contributed by atoms with E-state index in [1.165, 1.54) is 0 Å². The Morgan fingerprint density at radius 1 is 1.05 bits per heavy atom. The second-order valence-electron chi connectivity index (χ2n) is 4.80. The third-order valence-electron chi connectivity index (χ3n) is 3.44. The Labute approximate surface area is 125 Å². The van der Waals surface area contributed by atoms with Crippen LogP contribution in [0.3, 0.4) is 0 Å². The van der Waals surface area contributed by atoms with Crippen LogP contribution in [0.15, 0.2) is 33.6 Å². The molecule has 1 aromatic carbocycles. The monoisotopic (exact) mass is 347 g/mol. The van der Waals surface area contributed by atoms with Crippen molar-refractivity contribution in [1.29, 1.82) is 0 Å². The fourth-order valence-electron chi connectivity index (χ4n) is 2.00. The molecule has 3 nitrogen and oxygen atoms in total. The predicted molar refractivity (Wildman–Crippen MR) is 82.7 cm³/mol. The van der Waals surface area contributed by atoms with Gasteiger partial charge in [0.15, 0.2) is 0 Å². The first-order chi connectivity index (χ1) is 8.84. The first kappa shape index (κ1) is 16.7. The first-order valence-corrected chi connectivity index (χ1v) is 8.87. The smallest absolute Gasteiger partial charge is 0.207 e. The molecule has 5 heteroatoms. The third-order valence-corrected chi connectivity index (χ3v) is 6.11. The Kier molecular flexibility index (Phi) is 6.02. The molecule has 0 aliphatic carbocycles. The summed E-state index contributed by atoms with van der Waals surface area (Å²) >= 11 is 3.33. The zero-order valence-electron chi connectivity index (χ0n) is 11.9. The van der Waals surface area contributed by atoms with Gasteiger partial charge in [0.05, 0.1) is 4.90 Å². The van der Waals surface area contributed by atoms with Crippen molar-refractivity contribution in [3.05, 3.63) is 28.7 Å². The topological polar surface area (TPSA) is 37.4 Å². The van der Waals surface area contributed by atoms with Crippen molar-refractivity contribution in [3.63, 3.8) is 0 Å². The number of benzene rings is 1. The van der Waals surface area contributed by atoms with Gasteiger partial charge >= 0.3 is 0 Å². The van der Waals surface area contributed by atoms with Crippen molar-refractivity contribution in [1.82, 2.24) is 4.31 Å². The summed E-state index contributed by atoms with van der Waals surface area (Å²) in [5, 5.41) is 0. The fourth-order valence-corrected chi connectivity index (χ4v) is 4.23. The Morgan fingerprint density at radius 2 is 1.47 bits per heavy atom. The summed E-state index contributed by atoms with van der Waals surface area (Å²) in [4.78, 5) is 0.358. The fraction of sp³-hybridized carbons (Fsp3) is 0.571. The van der Waals surface area contributed by atoms with Crippen molar-refractivity contribution in [2.45, 2.75) is 57.5 Å². The average Bonchev–Trinajstić information content (AvgIpc) is 2.38. The van der Waals surface area contributed by atoms with Crippen LogP contribution in [0.5, 0.6) is 0 Å². The third kappa shape index (κ3) is 3.80. The maximum absolute atomic E-state index is 12.8. The van der Waals surface area contributed by atoms with E-state index >= 15 is 0 Å². The molecule has 0 heterocycles. The van der Waals surface area contributed by atoms with Crippen molar-refractivity contribution in [3.8, 4) is 0 Å². The van der Waals surface area contributed by atoms with E-state index < -0.39 is 10.0 Å². The zero-order valence-corrected chi connectivity index (χ0v) is 14.3.